The summed E-state index contributed by atoms with van der Waals surface area (Å²) in [7, 11) is 2.01. The van der Waals surface area contributed by atoms with E-state index in [2.05, 4.69) is 11.5 Å². The van der Waals surface area contributed by atoms with Gasteiger partial charge in [0.05, 0.1) is 6.04 Å². The van der Waals surface area contributed by atoms with Crippen molar-refractivity contribution in [2.75, 3.05) is 13.6 Å². The smallest absolute Gasteiger partial charge is 0.102 e. The first kappa shape index (κ1) is 6.62. The van der Waals surface area contributed by atoms with Crippen LogP contribution in [0.15, 0.2) is 12.3 Å². The highest BCUT2D eigenvalue weighted by molar-refractivity contribution is 4.98. The molecular weight excluding hydrogens is 114 g/mol. The molecule has 0 saturated carbocycles. The Kier molecular flexibility index (Phi) is 1.76. The van der Waals surface area contributed by atoms with Crippen molar-refractivity contribution in [1.82, 2.24) is 4.90 Å². The first-order chi connectivity index (χ1) is 4.22. The van der Waals surface area contributed by atoms with Gasteiger partial charge in [0.15, 0.2) is 0 Å². The van der Waals surface area contributed by atoms with E-state index in [1.165, 1.54) is 6.42 Å². The minimum absolute atomic E-state index is 0.227. The Morgan fingerprint density at radius 1 is 1.78 bits per heavy atom. The molecule has 0 radical (unpaired) electrons. The van der Waals surface area contributed by atoms with E-state index in [4.69, 9.17) is 5.11 Å². The van der Waals surface area contributed by atoms with Crippen molar-refractivity contribution in [1.29, 1.82) is 0 Å². The summed E-state index contributed by atoms with van der Waals surface area (Å²) in [6.07, 6.45) is 2.24. The van der Waals surface area contributed by atoms with E-state index in [0.29, 0.717) is 5.76 Å². The third-order valence-corrected chi connectivity index (χ3v) is 1.91. The fourth-order valence-corrected chi connectivity index (χ4v) is 1.33. The Hall–Kier alpha value is -0.500. The molecule has 1 rings (SSSR count). The number of nitrogens with zero attached hydrogens (tertiary/aromatic N) is 1. The van der Waals surface area contributed by atoms with E-state index in [0.717, 1.165) is 13.0 Å². The molecule has 2 heteroatoms. The molecule has 1 heterocycles. The van der Waals surface area contributed by atoms with Crippen LogP contribution in [0.5, 0.6) is 0 Å². The summed E-state index contributed by atoms with van der Waals surface area (Å²) in [5.41, 5.74) is 0. The largest absolute Gasteiger partial charge is 0.511 e. The van der Waals surface area contributed by atoms with E-state index in [1.54, 1.807) is 0 Å². The molecule has 1 atom stereocenters. The Bertz CT molecular complexity index is 122. The van der Waals surface area contributed by atoms with Gasteiger partial charge >= 0.3 is 0 Å². The van der Waals surface area contributed by atoms with Gasteiger partial charge in [0.2, 0.25) is 0 Å². The number of rotatable bonds is 1. The lowest BCUT2D eigenvalue weighted by molar-refractivity contribution is 0.257. The number of likely N-dealkylation sites (N-methyl/N-ethyl adjacent to an activating group) is 1. The maximum Gasteiger partial charge on any atom is 0.102 e. The second-order valence-electron chi connectivity index (χ2n) is 2.63. The standard InChI is InChI=1S/C7H13NO/c1-6(9)7-4-3-5-8(7)2/h7,9H,1,3-5H2,2H3/t7-/m0/s1. The molecule has 0 aliphatic carbocycles. The quantitative estimate of drug-likeness (QED) is 0.534. The molecule has 9 heavy (non-hydrogen) atoms. The van der Waals surface area contributed by atoms with Crippen molar-refractivity contribution < 1.29 is 5.11 Å². The Morgan fingerprint density at radius 2 is 2.44 bits per heavy atom. The van der Waals surface area contributed by atoms with Crippen LogP contribution in [-0.4, -0.2) is 29.6 Å². The highest BCUT2D eigenvalue weighted by atomic mass is 16.3. The molecule has 0 amide bonds. The van der Waals surface area contributed by atoms with Crippen LogP contribution in [0.2, 0.25) is 0 Å². The maximum atomic E-state index is 8.99. The van der Waals surface area contributed by atoms with Gasteiger partial charge in [-0.1, -0.05) is 6.58 Å². The van der Waals surface area contributed by atoms with E-state index in [-0.39, 0.29) is 6.04 Å². The molecule has 0 unspecified atom stereocenters. The second-order valence-corrected chi connectivity index (χ2v) is 2.63. The molecule has 1 aliphatic heterocycles. The minimum atomic E-state index is 0.227. The molecule has 0 bridgehead atoms. The second kappa shape index (κ2) is 2.40. The molecule has 1 aliphatic rings. The number of aliphatic hydroxyl groups excluding tert-OH is 1. The highest BCUT2D eigenvalue weighted by Gasteiger charge is 2.22. The molecular formula is C7H13NO. The average molecular weight is 127 g/mol. The third-order valence-electron chi connectivity index (χ3n) is 1.91. The van der Waals surface area contributed by atoms with Crippen molar-refractivity contribution in [3.63, 3.8) is 0 Å². The van der Waals surface area contributed by atoms with Crippen LogP contribution >= 0.6 is 0 Å². The van der Waals surface area contributed by atoms with Gasteiger partial charge in [0.25, 0.3) is 0 Å². The molecule has 0 aromatic carbocycles. The Labute approximate surface area is 55.8 Å². The first-order valence-electron chi connectivity index (χ1n) is 3.30. The summed E-state index contributed by atoms with van der Waals surface area (Å²) >= 11 is 0. The average Bonchev–Trinajstić information content (AvgIpc) is 2.13. The highest BCUT2D eigenvalue weighted by Crippen LogP contribution is 2.18. The third kappa shape index (κ3) is 1.24. The normalized spacial score (nSPS) is 28.8. The lowest BCUT2D eigenvalue weighted by atomic mass is 10.2. The van der Waals surface area contributed by atoms with E-state index < -0.39 is 0 Å². The summed E-state index contributed by atoms with van der Waals surface area (Å²) in [4.78, 5) is 2.13. The van der Waals surface area contributed by atoms with E-state index >= 15 is 0 Å². The Balaban J connectivity index is 2.49. The zero-order valence-electron chi connectivity index (χ0n) is 5.80. The topological polar surface area (TPSA) is 23.5 Å². The molecule has 0 aromatic rings. The lowest BCUT2D eigenvalue weighted by Gasteiger charge is -2.16. The van der Waals surface area contributed by atoms with Crippen LogP contribution in [-0.2, 0) is 0 Å². The fraction of sp³-hybridized carbons (Fsp3) is 0.714. The van der Waals surface area contributed by atoms with Gasteiger partial charge in [0, 0.05) is 0 Å². The van der Waals surface area contributed by atoms with Crippen LogP contribution in [0.25, 0.3) is 0 Å². The van der Waals surface area contributed by atoms with Crippen molar-refractivity contribution in [3.05, 3.63) is 12.3 Å². The predicted molar refractivity (Wildman–Crippen MR) is 37.4 cm³/mol. The van der Waals surface area contributed by atoms with Crippen molar-refractivity contribution >= 4 is 0 Å². The minimum Gasteiger partial charge on any atom is -0.511 e. The number of likely N-dealkylation sites (tertiary alicyclic amines) is 1. The molecule has 1 fully saturated rings. The van der Waals surface area contributed by atoms with Crippen LogP contribution in [0.1, 0.15) is 12.8 Å². The van der Waals surface area contributed by atoms with Crippen molar-refractivity contribution in [3.8, 4) is 0 Å². The molecule has 2 nitrogen and oxygen atoms in total. The van der Waals surface area contributed by atoms with Crippen LogP contribution in [0, 0.1) is 0 Å². The van der Waals surface area contributed by atoms with E-state index in [1.807, 2.05) is 7.05 Å². The SMILES string of the molecule is C=C(O)[C@@H]1CCCN1C. The van der Waals surface area contributed by atoms with Crippen molar-refractivity contribution in [2.45, 2.75) is 18.9 Å². The molecule has 0 aromatic heterocycles. The number of aliphatic hydroxyl groups is 1. The molecule has 52 valence electrons. The lowest BCUT2D eigenvalue weighted by Crippen LogP contribution is -2.26. The molecule has 1 N–H and O–H groups in total. The van der Waals surface area contributed by atoms with Gasteiger partial charge in [-0.2, -0.15) is 0 Å². The van der Waals surface area contributed by atoms with Crippen LogP contribution in [0.4, 0.5) is 0 Å². The zero-order chi connectivity index (χ0) is 6.85. The van der Waals surface area contributed by atoms with Gasteiger partial charge < -0.3 is 5.11 Å². The zero-order valence-corrected chi connectivity index (χ0v) is 5.80. The summed E-state index contributed by atoms with van der Waals surface area (Å²) in [6.45, 7) is 4.59. The van der Waals surface area contributed by atoms with Gasteiger partial charge in [0.1, 0.15) is 5.76 Å². The fourth-order valence-electron chi connectivity index (χ4n) is 1.33. The number of hydrogen-bond donors (Lipinski definition) is 1. The summed E-state index contributed by atoms with van der Waals surface area (Å²) in [5.74, 6) is 0.315. The van der Waals surface area contributed by atoms with Gasteiger partial charge in [-0.05, 0) is 26.4 Å². The maximum absolute atomic E-state index is 8.99. The molecule has 1 saturated heterocycles. The monoisotopic (exact) mass is 127 g/mol. The van der Waals surface area contributed by atoms with Gasteiger partial charge in [-0.3, -0.25) is 4.90 Å². The summed E-state index contributed by atoms with van der Waals surface area (Å²) in [5, 5.41) is 8.99. The van der Waals surface area contributed by atoms with E-state index in [9.17, 15) is 0 Å². The van der Waals surface area contributed by atoms with Gasteiger partial charge in [-0.25, -0.2) is 0 Å². The van der Waals surface area contributed by atoms with Gasteiger partial charge in [-0.15, -0.1) is 0 Å². The molecule has 0 spiro atoms. The van der Waals surface area contributed by atoms with Crippen LogP contribution < -0.4 is 0 Å². The number of hydrogen-bond acceptors (Lipinski definition) is 2. The summed E-state index contributed by atoms with van der Waals surface area (Å²) < 4.78 is 0. The van der Waals surface area contributed by atoms with Crippen LogP contribution in [0.3, 0.4) is 0 Å². The Morgan fingerprint density at radius 3 is 2.67 bits per heavy atom. The summed E-state index contributed by atoms with van der Waals surface area (Å²) in [6, 6.07) is 0.227. The predicted octanol–water partition coefficient (Wildman–Crippen LogP) is 1.15. The van der Waals surface area contributed by atoms with Crippen molar-refractivity contribution in [2.24, 2.45) is 0 Å². The first-order valence-corrected chi connectivity index (χ1v) is 3.30.